The van der Waals surface area contributed by atoms with Gasteiger partial charge in [0.25, 0.3) is 11.8 Å². The summed E-state index contributed by atoms with van der Waals surface area (Å²) in [6.45, 7) is 2.68. The Balaban J connectivity index is 1.29. The van der Waals surface area contributed by atoms with Gasteiger partial charge in [-0.3, -0.25) is 19.9 Å². The lowest BCUT2D eigenvalue weighted by molar-refractivity contribution is -0.140. The molecule has 2 aliphatic heterocycles. The van der Waals surface area contributed by atoms with Crippen LogP contribution in [-0.4, -0.2) is 45.8 Å². The third-order valence-corrected chi connectivity index (χ3v) is 7.57. The average molecular weight is 464 g/mol. The fourth-order valence-electron chi connectivity index (χ4n) is 4.71. The highest BCUT2D eigenvalue weighted by Gasteiger charge is 2.52. The van der Waals surface area contributed by atoms with E-state index in [0.29, 0.717) is 12.0 Å². The number of thiazole rings is 1. The predicted octanol–water partition coefficient (Wildman–Crippen LogP) is 3.32. The summed E-state index contributed by atoms with van der Waals surface area (Å²) in [5.74, 6) is -0.870. The number of amides is 4. The molecule has 2 N–H and O–H groups in total. The normalized spacial score (nSPS) is 23.3. The van der Waals surface area contributed by atoms with E-state index in [2.05, 4.69) is 15.6 Å². The summed E-state index contributed by atoms with van der Waals surface area (Å²) in [7, 11) is 0. The van der Waals surface area contributed by atoms with Gasteiger partial charge in [-0.25, -0.2) is 9.78 Å². The summed E-state index contributed by atoms with van der Waals surface area (Å²) in [5, 5.41) is 4.59. The van der Waals surface area contributed by atoms with Crippen LogP contribution < -0.4 is 10.7 Å². The second-order valence-electron chi connectivity index (χ2n) is 8.38. The summed E-state index contributed by atoms with van der Waals surface area (Å²) in [4.78, 5) is 45.6. The number of fused-ring (bicyclic) bond motifs is 1. The zero-order valence-electron chi connectivity index (χ0n) is 18.3. The molecule has 0 unspecified atom stereocenters. The molecular formula is C24H25N5O3S. The van der Waals surface area contributed by atoms with Crippen molar-refractivity contribution in [3.63, 3.8) is 0 Å². The maximum Gasteiger partial charge on any atom is 0.344 e. The van der Waals surface area contributed by atoms with E-state index < -0.39 is 23.4 Å². The van der Waals surface area contributed by atoms with E-state index in [1.165, 1.54) is 0 Å². The number of carbonyl (C=O) groups is 3. The number of likely N-dealkylation sites (tertiary alicyclic amines) is 1. The molecule has 5 rings (SSSR count). The van der Waals surface area contributed by atoms with Crippen molar-refractivity contribution in [2.45, 2.75) is 37.8 Å². The summed E-state index contributed by atoms with van der Waals surface area (Å²) >= 11 is 1.65. The van der Waals surface area contributed by atoms with E-state index >= 15 is 0 Å². The number of benzene rings is 2. The lowest BCUT2D eigenvalue weighted by Crippen LogP contribution is -2.51. The number of urea groups is 1. The number of imide groups is 1. The molecule has 0 radical (unpaired) electrons. The molecule has 2 saturated heterocycles. The molecule has 1 aromatic heterocycles. The largest absolute Gasteiger partial charge is 0.344 e. The lowest BCUT2D eigenvalue weighted by Gasteiger charge is -2.26. The summed E-state index contributed by atoms with van der Waals surface area (Å²) in [5.41, 5.74) is 3.01. The van der Waals surface area contributed by atoms with Crippen molar-refractivity contribution < 1.29 is 14.4 Å². The Hall–Kier alpha value is -3.30. The quantitative estimate of drug-likeness (QED) is 0.547. The van der Waals surface area contributed by atoms with Gasteiger partial charge in [-0.05, 0) is 43.5 Å². The molecule has 3 aromatic rings. The van der Waals surface area contributed by atoms with E-state index in [0.717, 1.165) is 39.6 Å². The first-order valence-corrected chi connectivity index (χ1v) is 11.9. The molecule has 9 heteroatoms. The summed E-state index contributed by atoms with van der Waals surface area (Å²) in [6.07, 6.45) is 2.26. The van der Waals surface area contributed by atoms with Gasteiger partial charge in [0.05, 0.1) is 22.8 Å². The molecule has 170 valence electrons. The Morgan fingerprint density at radius 3 is 2.70 bits per heavy atom. The number of hydrogen-bond donors (Lipinski definition) is 2. The third kappa shape index (κ3) is 3.77. The van der Waals surface area contributed by atoms with E-state index in [1.807, 2.05) is 49.4 Å². The van der Waals surface area contributed by atoms with Crippen LogP contribution in [0.15, 0.2) is 54.6 Å². The van der Waals surface area contributed by atoms with Gasteiger partial charge in [0.15, 0.2) is 0 Å². The predicted molar refractivity (Wildman–Crippen MR) is 125 cm³/mol. The van der Waals surface area contributed by atoms with Crippen LogP contribution in [0.2, 0.25) is 0 Å². The Bertz CT molecular complexity index is 1180. The third-order valence-electron chi connectivity index (χ3n) is 6.43. The Morgan fingerprint density at radius 1 is 1.18 bits per heavy atom. The molecule has 33 heavy (non-hydrogen) atoms. The number of carbonyl (C=O) groups excluding carboxylic acids is 3. The molecule has 4 amide bonds. The number of rotatable bonds is 6. The van der Waals surface area contributed by atoms with Crippen LogP contribution in [-0.2, 0) is 15.1 Å². The average Bonchev–Trinajstić information content (AvgIpc) is 3.52. The minimum absolute atomic E-state index is 0.0512. The van der Waals surface area contributed by atoms with Crippen LogP contribution in [0.1, 0.15) is 42.8 Å². The van der Waals surface area contributed by atoms with Crippen molar-refractivity contribution in [3.05, 3.63) is 65.2 Å². The number of hydrogen-bond acceptors (Lipinski definition) is 6. The molecule has 2 fully saturated rings. The second kappa shape index (κ2) is 8.57. The highest BCUT2D eigenvalue weighted by molar-refractivity contribution is 7.18. The van der Waals surface area contributed by atoms with Gasteiger partial charge < -0.3 is 5.32 Å². The van der Waals surface area contributed by atoms with Crippen LogP contribution in [0.25, 0.3) is 10.2 Å². The Labute approximate surface area is 195 Å². The van der Waals surface area contributed by atoms with Crippen molar-refractivity contribution in [1.29, 1.82) is 0 Å². The molecule has 2 aromatic carbocycles. The first kappa shape index (κ1) is 21.5. The molecule has 0 bridgehead atoms. The smallest absolute Gasteiger partial charge is 0.318 e. The van der Waals surface area contributed by atoms with Crippen LogP contribution in [0.5, 0.6) is 0 Å². The van der Waals surface area contributed by atoms with Gasteiger partial charge in [-0.2, -0.15) is 5.01 Å². The lowest BCUT2D eigenvalue weighted by atomic mass is 9.87. The SMILES string of the molecule is CC[C@@]1(c2ccccc2)NC(=O)N(NC(=O)CN2CCC[C@H]2c2nc3ccccc3s2)C1=O. The van der Waals surface area contributed by atoms with E-state index in [1.54, 1.807) is 23.5 Å². The maximum absolute atomic E-state index is 13.2. The molecule has 0 saturated carbocycles. The number of hydrazine groups is 1. The molecule has 2 aliphatic rings. The van der Waals surface area contributed by atoms with Crippen LogP contribution >= 0.6 is 11.3 Å². The molecule has 0 spiro atoms. The zero-order chi connectivity index (χ0) is 23.0. The number of nitrogens with zero attached hydrogens (tertiary/aromatic N) is 3. The van der Waals surface area contributed by atoms with Gasteiger partial charge in [-0.15, -0.1) is 11.3 Å². The van der Waals surface area contributed by atoms with Crippen molar-refractivity contribution in [2.75, 3.05) is 13.1 Å². The van der Waals surface area contributed by atoms with Crippen LogP contribution in [0.3, 0.4) is 0 Å². The minimum Gasteiger partial charge on any atom is -0.318 e. The number of nitrogens with one attached hydrogen (secondary N) is 2. The van der Waals surface area contributed by atoms with Gasteiger partial charge in [0.2, 0.25) is 0 Å². The first-order valence-electron chi connectivity index (χ1n) is 11.1. The molecule has 3 heterocycles. The monoisotopic (exact) mass is 463 g/mol. The van der Waals surface area contributed by atoms with Crippen LogP contribution in [0.4, 0.5) is 4.79 Å². The van der Waals surface area contributed by atoms with Gasteiger partial charge in [-0.1, -0.05) is 49.4 Å². The highest BCUT2D eigenvalue weighted by atomic mass is 32.1. The topological polar surface area (TPSA) is 94.6 Å². The number of para-hydroxylation sites is 1. The van der Waals surface area contributed by atoms with E-state index in [-0.39, 0.29) is 12.6 Å². The summed E-state index contributed by atoms with van der Waals surface area (Å²) < 4.78 is 1.12. The molecule has 0 aliphatic carbocycles. The number of aromatic nitrogens is 1. The van der Waals surface area contributed by atoms with Crippen molar-refractivity contribution in [2.24, 2.45) is 0 Å². The van der Waals surface area contributed by atoms with Crippen molar-refractivity contribution in [3.8, 4) is 0 Å². The molecular weight excluding hydrogens is 438 g/mol. The molecule has 8 nitrogen and oxygen atoms in total. The Morgan fingerprint density at radius 2 is 1.94 bits per heavy atom. The zero-order valence-corrected chi connectivity index (χ0v) is 19.1. The van der Waals surface area contributed by atoms with Crippen LogP contribution in [0, 0.1) is 0 Å². The fraction of sp³-hybridized carbons (Fsp3) is 0.333. The van der Waals surface area contributed by atoms with Gasteiger partial charge in [0.1, 0.15) is 10.5 Å². The fourth-order valence-corrected chi connectivity index (χ4v) is 5.85. The first-order chi connectivity index (χ1) is 16.0. The highest BCUT2D eigenvalue weighted by Crippen LogP contribution is 2.36. The van der Waals surface area contributed by atoms with E-state index in [4.69, 9.17) is 4.98 Å². The second-order valence-corrected chi connectivity index (χ2v) is 9.44. The van der Waals surface area contributed by atoms with Crippen molar-refractivity contribution in [1.82, 2.24) is 25.6 Å². The molecule has 2 atom stereocenters. The Kier molecular flexibility index (Phi) is 5.59. The summed E-state index contributed by atoms with van der Waals surface area (Å²) in [6, 6.07) is 16.5. The van der Waals surface area contributed by atoms with E-state index in [9.17, 15) is 14.4 Å². The minimum atomic E-state index is -1.18. The van der Waals surface area contributed by atoms with Gasteiger partial charge >= 0.3 is 6.03 Å². The van der Waals surface area contributed by atoms with Crippen molar-refractivity contribution >= 4 is 39.4 Å². The standard InChI is InChI=1S/C24H25N5O3S/c1-2-24(16-9-4-3-5-10-16)22(31)29(23(32)26-24)27-20(30)15-28-14-8-12-18(28)21-25-17-11-6-7-13-19(17)33-21/h3-7,9-11,13,18H,2,8,12,14-15H2,1H3,(H,26,32)(H,27,30)/t18-,24-/m0/s1. The maximum atomic E-state index is 13.2. The van der Waals surface area contributed by atoms with Gasteiger partial charge in [0, 0.05) is 0 Å².